The van der Waals surface area contributed by atoms with Crippen LogP contribution in [0.2, 0.25) is 10.0 Å². The minimum Gasteiger partial charge on any atom is -0.280 e. The Morgan fingerprint density at radius 2 is 1.50 bits per heavy atom. The summed E-state index contributed by atoms with van der Waals surface area (Å²) >= 11 is 12.3. The average molecular weight is 437 g/mol. The maximum absolute atomic E-state index is 12.8. The maximum Gasteiger partial charge on any atom is 0.263 e. The molecule has 0 amide bonds. The van der Waals surface area contributed by atoms with Gasteiger partial charge in [-0.2, -0.15) is 0 Å². The number of hydrogen-bond donors (Lipinski definition) is 1. The van der Waals surface area contributed by atoms with Crippen LogP contribution in [0.25, 0.3) is 0 Å². The Bertz CT molecular complexity index is 1020. The van der Waals surface area contributed by atoms with Gasteiger partial charge in [0.1, 0.15) is 4.90 Å². The lowest BCUT2D eigenvalue weighted by molar-refractivity contribution is 0.521. The van der Waals surface area contributed by atoms with E-state index in [0.717, 1.165) is 4.31 Å². The van der Waals surface area contributed by atoms with E-state index in [1.54, 1.807) is 19.9 Å². The molecule has 0 heterocycles. The number of sulfonamides is 2. The third-order valence-corrected chi connectivity index (χ3v) is 8.11. The van der Waals surface area contributed by atoms with Gasteiger partial charge in [-0.15, -0.1) is 0 Å². The molecule has 0 fully saturated rings. The van der Waals surface area contributed by atoms with E-state index in [0.29, 0.717) is 16.1 Å². The predicted octanol–water partition coefficient (Wildman–Crippen LogP) is 3.66. The zero-order valence-electron chi connectivity index (χ0n) is 14.5. The van der Waals surface area contributed by atoms with Crippen molar-refractivity contribution in [3.05, 3.63) is 51.5 Å². The van der Waals surface area contributed by atoms with Gasteiger partial charge in [0.05, 0.1) is 9.92 Å². The van der Waals surface area contributed by atoms with Crippen LogP contribution in [0.1, 0.15) is 11.1 Å². The highest BCUT2D eigenvalue weighted by Crippen LogP contribution is 2.34. The molecule has 2 aromatic carbocycles. The van der Waals surface area contributed by atoms with Crippen LogP contribution in [0.4, 0.5) is 5.69 Å². The summed E-state index contributed by atoms with van der Waals surface area (Å²) in [4.78, 5) is -0.0487. The molecular weight excluding hydrogens is 419 g/mol. The van der Waals surface area contributed by atoms with Gasteiger partial charge in [0.15, 0.2) is 0 Å². The second-order valence-electron chi connectivity index (χ2n) is 5.86. The van der Waals surface area contributed by atoms with Crippen LogP contribution in [0, 0.1) is 13.8 Å². The Kier molecular flexibility index (Phi) is 5.94. The monoisotopic (exact) mass is 436 g/mol. The smallest absolute Gasteiger partial charge is 0.263 e. The first-order valence-electron chi connectivity index (χ1n) is 7.38. The summed E-state index contributed by atoms with van der Waals surface area (Å²) in [7, 11) is -4.78. The van der Waals surface area contributed by atoms with Crippen molar-refractivity contribution in [1.29, 1.82) is 0 Å². The van der Waals surface area contributed by atoms with Crippen LogP contribution in [0.15, 0.2) is 40.1 Å². The molecule has 0 aliphatic rings. The minimum absolute atomic E-state index is 0.0539. The zero-order valence-corrected chi connectivity index (χ0v) is 17.7. The Hall–Kier alpha value is -1.32. The van der Waals surface area contributed by atoms with Crippen molar-refractivity contribution in [2.75, 3.05) is 18.8 Å². The molecule has 0 radical (unpaired) electrons. The van der Waals surface area contributed by atoms with Gasteiger partial charge in [0.25, 0.3) is 10.0 Å². The van der Waals surface area contributed by atoms with E-state index in [2.05, 4.69) is 4.72 Å². The fourth-order valence-electron chi connectivity index (χ4n) is 2.25. The van der Waals surface area contributed by atoms with Crippen molar-refractivity contribution >= 4 is 48.9 Å². The first-order valence-corrected chi connectivity index (χ1v) is 11.1. The fourth-order valence-corrected chi connectivity index (χ4v) is 5.42. The first-order chi connectivity index (χ1) is 11.9. The van der Waals surface area contributed by atoms with Crippen LogP contribution in [0.3, 0.4) is 0 Å². The summed E-state index contributed by atoms with van der Waals surface area (Å²) in [6.07, 6.45) is 0. The molecule has 2 aromatic rings. The van der Waals surface area contributed by atoms with Gasteiger partial charge < -0.3 is 0 Å². The van der Waals surface area contributed by atoms with Crippen LogP contribution in [-0.2, 0) is 20.0 Å². The van der Waals surface area contributed by atoms with E-state index in [9.17, 15) is 16.8 Å². The van der Waals surface area contributed by atoms with Crippen LogP contribution in [0.5, 0.6) is 0 Å². The van der Waals surface area contributed by atoms with Crippen molar-refractivity contribution in [3.8, 4) is 0 Å². The highest BCUT2D eigenvalue weighted by molar-refractivity contribution is 7.93. The Balaban J connectivity index is 2.43. The lowest BCUT2D eigenvalue weighted by atomic mass is 10.2. The molecule has 0 spiro atoms. The van der Waals surface area contributed by atoms with Crippen LogP contribution < -0.4 is 4.72 Å². The predicted molar refractivity (Wildman–Crippen MR) is 104 cm³/mol. The molecule has 0 unspecified atom stereocenters. The maximum atomic E-state index is 12.8. The lowest BCUT2D eigenvalue weighted by Gasteiger charge is -2.15. The molecule has 0 bridgehead atoms. The highest BCUT2D eigenvalue weighted by Gasteiger charge is 2.24. The number of rotatable bonds is 5. The number of nitrogens with zero attached hydrogens (tertiary/aromatic N) is 1. The van der Waals surface area contributed by atoms with Gasteiger partial charge in [-0.25, -0.2) is 21.1 Å². The molecule has 6 nitrogen and oxygen atoms in total. The fraction of sp³-hybridized carbons (Fsp3) is 0.250. The molecule has 10 heteroatoms. The molecule has 0 atom stereocenters. The van der Waals surface area contributed by atoms with Crippen LogP contribution in [-0.4, -0.2) is 35.2 Å². The molecule has 0 aromatic heterocycles. The molecule has 0 saturated carbocycles. The standard InChI is InChI=1S/C16H18Cl2N2O4S2/c1-10-9-14(17)11(2)16(15(10)18)25(21,22)19-12-5-7-13(8-6-12)26(23,24)20(3)4/h5-9,19H,1-4H3. The molecule has 142 valence electrons. The second kappa shape index (κ2) is 7.36. The van der Waals surface area contributed by atoms with Gasteiger partial charge in [-0.1, -0.05) is 23.2 Å². The molecule has 26 heavy (non-hydrogen) atoms. The normalized spacial score (nSPS) is 12.4. The summed E-state index contributed by atoms with van der Waals surface area (Å²) in [6.45, 7) is 3.22. The second-order valence-corrected chi connectivity index (χ2v) is 10.4. The van der Waals surface area contributed by atoms with Crippen molar-refractivity contribution < 1.29 is 16.8 Å². The number of aryl methyl sites for hydroxylation is 1. The van der Waals surface area contributed by atoms with Crippen LogP contribution >= 0.6 is 23.2 Å². The quantitative estimate of drug-likeness (QED) is 0.774. The van der Waals surface area contributed by atoms with Crippen molar-refractivity contribution in [2.24, 2.45) is 0 Å². The third kappa shape index (κ3) is 3.99. The van der Waals surface area contributed by atoms with E-state index in [1.807, 2.05) is 0 Å². The summed E-state index contributed by atoms with van der Waals surface area (Å²) in [5.74, 6) is 0. The SMILES string of the molecule is Cc1cc(Cl)c(C)c(S(=O)(=O)Nc2ccc(S(=O)(=O)N(C)C)cc2)c1Cl. The zero-order chi connectivity index (χ0) is 19.9. The minimum atomic E-state index is -4.01. The summed E-state index contributed by atoms with van der Waals surface area (Å²) in [5.41, 5.74) is 1.08. The highest BCUT2D eigenvalue weighted by atomic mass is 35.5. The van der Waals surface area contributed by atoms with E-state index >= 15 is 0 Å². The topological polar surface area (TPSA) is 83.5 Å². The third-order valence-electron chi connectivity index (χ3n) is 3.74. The van der Waals surface area contributed by atoms with Gasteiger partial charge in [0, 0.05) is 24.8 Å². The van der Waals surface area contributed by atoms with E-state index in [1.165, 1.54) is 38.4 Å². The molecule has 1 N–H and O–H groups in total. The van der Waals surface area contributed by atoms with Crippen molar-refractivity contribution in [1.82, 2.24) is 4.31 Å². The lowest BCUT2D eigenvalue weighted by Crippen LogP contribution is -2.22. The van der Waals surface area contributed by atoms with E-state index < -0.39 is 20.0 Å². The molecule has 2 rings (SSSR count). The molecule has 0 aliphatic carbocycles. The summed E-state index contributed by atoms with van der Waals surface area (Å²) < 4.78 is 53.1. The molecule has 0 saturated heterocycles. The van der Waals surface area contributed by atoms with Crippen molar-refractivity contribution in [2.45, 2.75) is 23.6 Å². The largest absolute Gasteiger partial charge is 0.280 e. The number of benzene rings is 2. The van der Waals surface area contributed by atoms with E-state index in [4.69, 9.17) is 23.2 Å². The number of nitrogens with one attached hydrogen (secondary N) is 1. The van der Waals surface area contributed by atoms with Gasteiger partial charge in [-0.05, 0) is 55.3 Å². The number of hydrogen-bond acceptors (Lipinski definition) is 4. The summed E-state index contributed by atoms with van der Waals surface area (Å²) in [6, 6.07) is 6.98. The molecule has 0 aliphatic heterocycles. The average Bonchev–Trinajstić information content (AvgIpc) is 2.53. The Morgan fingerprint density at radius 3 is 2.00 bits per heavy atom. The van der Waals surface area contributed by atoms with Gasteiger partial charge in [0.2, 0.25) is 10.0 Å². The summed E-state index contributed by atoms with van der Waals surface area (Å²) in [5, 5.41) is 0.380. The Labute approximate surface area is 163 Å². The van der Waals surface area contributed by atoms with Gasteiger partial charge >= 0.3 is 0 Å². The first kappa shape index (κ1) is 21.0. The Morgan fingerprint density at radius 1 is 0.962 bits per heavy atom. The van der Waals surface area contributed by atoms with Gasteiger partial charge in [-0.3, -0.25) is 4.72 Å². The number of anilines is 1. The van der Waals surface area contributed by atoms with E-state index in [-0.39, 0.29) is 20.5 Å². The van der Waals surface area contributed by atoms with Crippen molar-refractivity contribution in [3.63, 3.8) is 0 Å². The number of halogens is 2. The molecular formula is C16H18Cl2N2O4S2.